The van der Waals surface area contributed by atoms with Crippen molar-refractivity contribution < 1.29 is 9.59 Å². The van der Waals surface area contributed by atoms with Crippen molar-refractivity contribution in [2.75, 3.05) is 0 Å². The third kappa shape index (κ3) is 5.06. The number of carbonyl (C=O) groups excluding carboxylic acids is 2. The average Bonchev–Trinajstić information content (AvgIpc) is 2.60. The summed E-state index contributed by atoms with van der Waals surface area (Å²) in [6.07, 6.45) is 2.30. The molecule has 1 unspecified atom stereocenters. The highest BCUT2D eigenvalue weighted by Crippen LogP contribution is 2.09. The van der Waals surface area contributed by atoms with Gasteiger partial charge in [0.1, 0.15) is 5.69 Å². The highest BCUT2D eigenvalue weighted by atomic mass is 35.5. The Morgan fingerprint density at radius 3 is 2.54 bits per heavy atom. The van der Waals surface area contributed by atoms with Crippen LogP contribution in [0.3, 0.4) is 0 Å². The van der Waals surface area contributed by atoms with Crippen molar-refractivity contribution in [3.63, 3.8) is 0 Å². The Balaban J connectivity index is 2.00. The summed E-state index contributed by atoms with van der Waals surface area (Å²) in [7, 11) is 0. The van der Waals surface area contributed by atoms with Crippen LogP contribution in [0.15, 0.2) is 42.6 Å². The number of nitrogens with one attached hydrogen (secondary N) is 2. The Morgan fingerprint density at radius 1 is 1.17 bits per heavy atom. The molecule has 2 amide bonds. The zero-order valence-corrected chi connectivity index (χ0v) is 14.4. The monoisotopic (exact) mass is 345 g/mol. The van der Waals surface area contributed by atoms with Crippen molar-refractivity contribution in [1.29, 1.82) is 0 Å². The van der Waals surface area contributed by atoms with E-state index in [1.165, 1.54) is 12.3 Å². The lowest BCUT2D eigenvalue weighted by Gasteiger charge is -2.11. The van der Waals surface area contributed by atoms with Crippen LogP contribution in [-0.2, 0) is 6.54 Å². The first kappa shape index (κ1) is 17.9. The van der Waals surface area contributed by atoms with Gasteiger partial charge in [0.05, 0.1) is 0 Å². The lowest BCUT2D eigenvalue weighted by molar-refractivity contribution is 0.0939. The minimum atomic E-state index is -0.330. The second-order valence-corrected chi connectivity index (χ2v) is 5.96. The van der Waals surface area contributed by atoms with Crippen LogP contribution < -0.4 is 10.6 Å². The molecule has 5 nitrogen and oxygen atoms in total. The van der Waals surface area contributed by atoms with Crippen molar-refractivity contribution in [2.24, 2.45) is 0 Å². The Labute approximate surface area is 146 Å². The maximum Gasteiger partial charge on any atom is 0.270 e. The zero-order valence-electron chi connectivity index (χ0n) is 13.7. The van der Waals surface area contributed by atoms with E-state index in [2.05, 4.69) is 15.6 Å². The minimum Gasteiger partial charge on any atom is -0.350 e. The van der Waals surface area contributed by atoms with Crippen LogP contribution in [-0.4, -0.2) is 22.8 Å². The number of hydrogen-bond acceptors (Lipinski definition) is 3. The highest BCUT2D eigenvalue weighted by molar-refractivity contribution is 6.30. The second-order valence-electron chi connectivity index (χ2n) is 5.52. The predicted octanol–water partition coefficient (Wildman–Crippen LogP) is 3.19. The smallest absolute Gasteiger partial charge is 0.270 e. The molecule has 1 aromatic heterocycles. The van der Waals surface area contributed by atoms with Crippen molar-refractivity contribution >= 4 is 23.4 Å². The molecule has 6 heteroatoms. The molecule has 0 saturated heterocycles. The minimum absolute atomic E-state index is 0.0767. The lowest BCUT2D eigenvalue weighted by Crippen LogP contribution is -2.32. The van der Waals surface area contributed by atoms with E-state index in [0.29, 0.717) is 17.1 Å². The van der Waals surface area contributed by atoms with E-state index in [9.17, 15) is 9.59 Å². The number of hydrogen-bond donors (Lipinski definition) is 2. The number of rotatable bonds is 6. The van der Waals surface area contributed by atoms with E-state index in [4.69, 9.17) is 11.6 Å². The first-order valence-electron chi connectivity index (χ1n) is 7.79. The number of carbonyl (C=O) groups is 2. The molecule has 1 atom stereocenters. The fourth-order valence-corrected chi connectivity index (χ4v) is 2.11. The van der Waals surface area contributed by atoms with Crippen LogP contribution >= 0.6 is 11.6 Å². The Kier molecular flexibility index (Phi) is 6.32. The number of aromatic nitrogens is 1. The molecule has 2 N–H and O–H groups in total. The summed E-state index contributed by atoms with van der Waals surface area (Å²) in [5.41, 5.74) is 1.56. The van der Waals surface area contributed by atoms with Gasteiger partial charge in [-0.1, -0.05) is 30.7 Å². The van der Waals surface area contributed by atoms with E-state index in [1.807, 2.05) is 26.0 Å². The summed E-state index contributed by atoms with van der Waals surface area (Å²) in [5.74, 6) is -0.540. The molecule has 0 aliphatic heterocycles. The molecule has 1 heterocycles. The summed E-state index contributed by atoms with van der Waals surface area (Å²) < 4.78 is 0. The van der Waals surface area contributed by atoms with Crippen LogP contribution in [0.4, 0.5) is 0 Å². The molecule has 0 saturated carbocycles. The topological polar surface area (TPSA) is 71.1 Å². The number of nitrogens with zero attached hydrogens (tertiary/aromatic N) is 1. The van der Waals surface area contributed by atoms with Crippen molar-refractivity contribution in [2.45, 2.75) is 32.9 Å². The van der Waals surface area contributed by atoms with Gasteiger partial charge >= 0.3 is 0 Å². The van der Waals surface area contributed by atoms with Gasteiger partial charge in [-0.3, -0.25) is 14.6 Å². The van der Waals surface area contributed by atoms with Crippen LogP contribution in [0.25, 0.3) is 0 Å². The molecular formula is C18H20ClN3O2. The van der Waals surface area contributed by atoms with Crippen LogP contribution in [0.5, 0.6) is 0 Å². The first-order chi connectivity index (χ1) is 11.5. The standard InChI is InChI=1S/C18H20ClN3O2/c1-3-12(2)22-17(23)14-8-9-20-16(10-14)18(24)21-11-13-4-6-15(19)7-5-13/h4-10,12H,3,11H2,1-2H3,(H,21,24)(H,22,23). The van der Waals surface area contributed by atoms with Crippen LogP contribution in [0.1, 0.15) is 46.7 Å². The maximum absolute atomic E-state index is 12.2. The molecule has 2 rings (SSSR count). The molecule has 0 radical (unpaired) electrons. The van der Waals surface area contributed by atoms with Gasteiger partial charge in [-0.15, -0.1) is 0 Å². The van der Waals surface area contributed by atoms with Gasteiger partial charge in [0.25, 0.3) is 11.8 Å². The normalized spacial score (nSPS) is 11.6. The third-order valence-electron chi connectivity index (χ3n) is 3.61. The van der Waals surface area contributed by atoms with Crippen molar-refractivity contribution in [1.82, 2.24) is 15.6 Å². The largest absolute Gasteiger partial charge is 0.350 e. The van der Waals surface area contributed by atoms with Gasteiger partial charge in [0.15, 0.2) is 0 Å². The molecule has 0 spiro atoms. The number of halogens is 1. The van der Waals surface area contributed by atoms with Gasteiger partial charge < -0.3 is 10.6 Å². The molecule has 1 aromatic carbocycles. The fraction of sp³-hybridized carbons (Fsp3) is 0.278. The predicted molar refractivity (Wildman–Crippen MR) is 94.1 cm³/mol. The summed E-state index contributed by atoms with van der Waals surface area (Å²) in [5, 5.41) is 6.29. The summed E-state index contributed by atoms with van der Waals surface area (Å²) in [6.45, 7) is 4.28. The number of amides is 2. The number of pyridine rings is 1. The maximum atomic E-state index is 12.2. The molecule has 2 aromatic rings. The van der Waals surface area contributed by atoms with E-state index < -0.39 is 0 Å². The Morgan fingerprint density at radius 2 is 1.88 bits per heavy atom. The van der Waals surface area contributed by atoms with Gasteiger partial charge in [-0.2, -0.15) is 0 Å². The molecule has 126 valence electrons. The highest BCUT2D eigenvalue weighted by Gasteiger charge is 2.13. The zero-order chi connectivity index (χ0) is 17.5. The molecule has 24 heavy (non-hydrogen) atoms. The fourth-order valence-electron chi connectivity index (χ4n) is 1.98. The first-order valence-corrected chi connectivity index (χ1v) is 8.17. The van der Waals surface area contributed by atoms with Crippen LogP contribution in [0, 0.1) is 0 Å². The van der Waals surface area contributed by atoms with Crippen molar-refractivity contribution in [3.8, 4) is 0 Å². The lowest BCUT2D eigenvalue weighted by atomic mass is 10.1. The van der Waals surface area contributed by atoms with E-state index >= 15 is 0 Å². The van der Waals surface area contributed by atoms with Crippen molar-refractivity contribution in [3.05, 3.63) is 64.4 Å². The quantitative estimate of drug-likeness (QED) is 0.844. The summed E-state index contributed by atoms with van der Waals surface area (Å²) in [6, 6.07) is 10.4. The van der Waals surface area contributed by atoms with Gasteiger partial charge in [-0.25, -0.2) is 0 Å². The molecule has 0 bridgehead atoms. The summed E-state index contributed by atoms with van der Waals surface area (Å²) >= 11 is 5.83. The SMILES string of the molecule is CCC(C)NC(=O)c1ccnc(C(=O)NCc2ccc(Cl)cc2)c1. The Bertz CT molecular complexity index is 716. The molecular weight excluding hydrogens is 326 g/mol. The molecule has 0 aliphatic rings. The van der Waals surface area contributed by atoms with E-state index in [-0.39, 0.29) is 23.6 Å². The molecule has 0 aliphatic carbocycles. The third-order valence-corrected chi connectivity index (χ3v) is 3.86. The van der Waals surface area contributed by atoms with Gasteiger partial charge in [-0.05, 0) is 43.2 Å². The van der Waals surface area contributed by atoms with E-state index in [0.717, 1.165) is 12.0 Å². The van der Waals surface area contributed by atoms with Gasteiger partial charge in [0, 0.05) is 29.4 Å². The van der Waals surface area contributed by atoms with Gasteiger partial charge in [0.2, 0.25) is 0 Å². The Hall–Kier alpha value is -2.40. The average molecular weight is 346 g/mol. The second kappa shape index (κ2) is 8.45. The number of benzene rings is 1. The summed E-state index contributed by atoms with van der Waals surface area (Å²) in [4.78, 5) is 28.4. The van der Waals surface area contributed by atoms with E-state index in [1.54, 1.807) is 18.2 Å². The van der Waals surface area contributed by atoms with Crippen LogP contribution in [0.2, 0.25) is 5.02 Å². The molecule has 0 fully saturated rings.